The first-order chi connectivity index (χ1) is 8.75. The summed E-state index contributed by atoms with van der Waals surface area (Å²) in [5.74, 6) is -0.195. The van der Waals surface area contributed by atoms with E-state index in [4.69, 9.17) is 0 Å². The van der Waals surface area contributed by atoms with E-state index in [0.29, 0.717) is 19.6 Å². The Bertz CT molecular complexity index is 569. The summed E-state index contributed by atoms with van der Waals surface area (Å²) in [5, 5.41) is 9.74. The molecule has 1 N–H and O–H groups in total. The number of hydrogen-bond donors (Lipinski definition) is 1. The van der Waals surface area contributed by atoms with Crippen LogP contribution in [0.5, 0.6) is 5.75 Å². The van der Waals surface area contributed by atoms with Gasteiger partial charge in [-0.2, -0.15) is 4.31 Å². The standard InChI is InChI=1S/C13H20N2O3S/c1-13(2)10-15(9-8-14(13)3)19(17,18)12-7-5-4-6-11(12)16/h4-7,16H,8-10H2,1-3H3. The van der Waals surface area contributed by atoms with E-state index >= 15 is 0 Å². The van der Waals surface area contributed by atoms with Crippen molar-refractivity contribution in [2.24, 2.45) is 0 Å². The van der Waals surface area contributed by atoms with Gasteiger partial charge in [0.05, 0.1) is 0 Å². The van der Waals surface area contributed by atoms with E-state index in [-0.39, 0.29) is 16.2 Å². The molecule has 2 rings (SSSR count). The van der Waals surface area contributed by atoms with Crippen LogP contribution in [0.3, 0.4) is 0 Å². The van der Waals surface area contributed by atoms with Crippen LogP contribution < -0.4 is 0 Å². The van der Waals surface area contributed by atoms with Crippen molar-refractivity contribution in [1.29, 1.82) is 0 Å². The molecule has 5 nitrogen and oxygen atoms in total. The molecule has 0 atom stereocenters. The van der Waals surface area contributed by atoms with Gasteiger partial charge >= 0.3 is 0 Å². The summed E-state index contributed by atoms with van der Waals surface area (Å²) in [4.78, 5) is 2.12. The highest BCUT2D eigenvalue weighted by Crippen LogP contribution is 2.29. The summed E-state index contributed by atoms with van der Waals surface area (Å²) in [5.41, 5.74) is -0.213. The maximum absolute atomic E-state index is 12.5. The normalized spacial score (nSPS) is 21.4. The van der Waals surface area contributed by atoms with Crippen molar-refractivity contribution in [3.8, 4) is 5.75 Å². The van der Waals surface area contributed by atoms with E-state index in [1.807, 2.05) is 20.9 Å². The number of rotatable bonds is 2. The lowest BCUT2D eigenvalue weighted by atomic mass is 10.0. The van der Waals surface area contributed by atoms with Crippen LogP contribution >= 0.6 is 0 Å². The molecule has 0 aliphatic carbocycles. The first-order valence-electron chi connectivity index (χ1n) is 6.24. The summed E-state index contributed by atoms with van der Waals surface area (Å²) < 4.78 is 26.5. The van der Waals surface area contributed by atoms with E-state index in [0.717, 1.165) is 0 Å². The molecular weight excluding hydrogens is 264 g/mol. The van der Waals surface area contributed by atoms with E-state index in [1.54, 1.807) is 12.1 Å². The maximum Gasteiger partial charge on any atom is 0.246 e. The van der Waals surface area contributed by atoms with Gasteiger partial charge in [-0.1, -0.05) is 12.1 Å². The molecule has 1 saturated heterocycles. The summed E-state index contributed by atoms with van der Waals surface area (Å²) >= 11 is 0. The highest BCUT2D eigenvalue weighted by atomic mass is 32.2. The van der Waals surface area contributed by atoms with Crippen LogP contribution in [0.25, 0.3) is 0 Å². The summed E-state index contributed by atoms with van der Waals surface area (Å²) in [7, 11) is -1.64. The van der Waals surface area contributed by atoms with Crippen LogP contribution in [0.2, 0.25) is 0 Å². The van der Waals surface area contributed by atoms with Crippen molar-refractivity contribution in [2.75, 3.05) is 26.7 Å². The Morgan fingerprint density at radius 3 is 2.42 bits per heavy atom. The molecule has 1 aliphatic heterocycles. The molecule has 0 saturated carbocycles. The van der Waals surface area contributed by atoms with Gasteiger partial charge in [0.15, 0.2) is 0 Å². The highest BCUT2D eigenvalue weighted by molar-refractivity contribution is 7.89. The Balaban J connectivity index is 2.34. The van der Waals surface area contributed by atoms with Crippen molar-refractivity contribution < 1.29 is 13.5 Å². The van der Waals surface area contributed by atoms with Crippen LogP contribution in [0.15, 0.2) is 29.2 Å². The fraction of sp³-hybridized carbons (Fsp3) is 0.538. The third-order valence-electron chi connectivity index (χ3n) is 3.76. The first kappa shape index (κ1) is 14.3. The quantitative estimate of drug-likeness (QED) is 0.883. The predicted molar refractivity (Wildman–Crippen MR) is 73.6 cm³/mol. The minimum atomic E-state index is -3.63. The molecule has 0 radical (unpaired) electrons. The molecule has 0 aromatic heterocycles. The molecule has 1 aromatic carbocycles. The average Bonchev–Trinajstić information content (AvgIpc) is 2.32. The van der Waals surface area contributed by atoms with Crippen molar-refractivity contribution in [2.45, 2.75) is 24.3 Å². The first-order valence-corrected chi connectivity index (χ1v) is 7.68. The minimum absolute atomic E-state index is 0.0182. The molecule has 1 aliphatic rings. The Morgan fingerprint density at radius 1 is 1.21 bits per heavy atom. The number of hydrogen-bond acceptors (Lipinski definition) is 4. The Labute approximate surface area is 114 Å². The van der Waals surface area contributed by atoms with Gasteiger partial charge in [0.1, 0.15) is 10.6 Å². The highest BCUT2D eigenvalue weighted by Gasteiger charge is 2.37. The second-order valence-corrected chi connectivity index (χ2v) is 7.45. The van der Waals surface area contributed by atoms with Gasteiger partial charge in [-0.05, 0) is 33.0 Å². The molecule has 0 bridgehead atoms. The molecule has 0 spiro atoms. The topological polar surface area (TPSA) is 60.9 Å². The molecule has 106 valence electrons. The largest absolute Gasteiger partial charge is 0.507 e. The molecule has 1 heterocycles. The Hall–Kier alpha value is -1.11. The number of phenols is 1. The third-order valence-corrected chi connectivity index (χ3v) is 5.66. The van der Waals surface area contributed by atoms with E-state index in [9.17, 15) is 13.5 Å². The molecule has 6 heteroatoms. The van der Waals surface area contributed by atoms with Crippen LogP contribution in [0.4, 0.5) is 0 Å². The fourth-order valence-electron chi connectivity index (χ4n) is 2.22. The lowest BCUT2D eigenvalue weighted by Crippen LogP contribution is -2.58. The third kappa shape index (κ3) is 2.61. The number of likely N-dealkylation sites (N-methyl/N-ethyl adjacent to an activating group) is 1. The predicted octanol–water partition coefficient (Wildman–Crippen LogP) is 1.11. The zero-order valence-electron chi connectivity index (χ0n) is 11.5. The van der Waals surface area contributed by atoms with E-state index < -0.39 is 10.0 Å². The SMILES string of the molecule is CN1CCN(S(=O)(=O)c2ccccc2O)CC1(C)C. The van der Waals surface area contributed by atoms with Crippen LogP contribution in [0.1, 0.15) is 13.8 Å². The molecule has 1 aromatic rings. The van der Waals surface area contributed by atoms with Gasteiger partial charge < -0.3 is 5.11 Å². The zero-order chi connectivity index (χ0) is 14.3. The molecule has 0 amide bonds. The molecular formula is C13H20N2O3S. The summed E-state index contributed by atoms with van der Waals surface area (Å²) in [6.45, 7) is 5.57. The van der Waals surface area contributed by atoms with Crippen LogP contribution in [-0.4, -0.2) is 55.0 Å². The molecule has 1 fully saturated rings. The van der Waals surface area contributed by atoms with E-state index in [1.165, 1.54) is 16.4 Å². The van der Waals surface area contributed by atoms with Gasteiger partial charge in [-0.25, -0.2) is 8.42 Å². The molecule has 19 heavy (non-hydrogen) atoms. The van der Waals surface area contributed by atoms with Crippen molar-refractivity contribution in [3.05, 3.63) is 24.3 Å². The van der Waals surface area contributed by atoms with Gasteiger partial charge in [0.25, 0.3) is 0 Å². The number of piperazine rings is 1. The lowest BCUT2D eigenvalue weighted by Gasteiger charge is -2.44. The maximum atomic E-state index is 12.5. The fourth-order valence-corrected chi connectivity index (χ4v) is 3.88. The zero-order valence-corrected chi connectivity index (χ0v) is 12.3. The van der Waals surface area contributed by atoms with Crippen molar-refractivity contribution in [1.82, 2.24) is 9.21 Å². The average molecular weight is 284 g/mol. The van der Waals surface area contributed by atoms with Gasteiger partial charge in [0.2, 0.25) is 10.0 Å². The Morgan fingerprint density at radius 2 is 1.84 bits per heavy atom. The van der Waals surface area contributed by atoms with Crippen LogP contribution in [-0.2, 0) is 10.0 Å². The number of benzene rings is 1. The van der Waals surface area contributed by atoms with Gasteiger partial charge in [-0.3, -0.25) is 4.90 Å². The van der Waals surface area contributed by atoms with Gasteiger partial charge in [-0.15, -0.1) is 0 Å². The lowest BCUT2D eigenvalue weighted by molar-refractivity contribution is 0.0801. The second kappa shape index (κ2) is 4.77. The monoisotopic (exact) mass is 284 g/mol. The molecule has 0 unspecified atom stereocenters. The smallest absolute Gasteiger partial charge is 0.246 e. The number of nitrogens with zero attached hydrogens (tertiary/aromatic N) is 2. The summed E-state index contributed by atoms with van der Waals surface area (Å²) in [6, 6.07) is 6.07. The minimum Gasteiger partial charge on any atom is -0.507 e. The number of sulfonamides is 1. The number of para-hydroxylation sites is 1. The van der Waals surface area contributed by atoms with Gasteiger partial charge in [0, 0.05) is 25.2 Å². The number of aromatic hydroxyl groups is 1. The van der Waals surface area contributed by atoms with E-state index in [2.05, 4.69) is 4.90 Å². The van der Waals surface area contributed by atoms with Crippen molar-refractivity contribution in [3.63, 3.8) is 0 Å². The second-order valence-electron chi connectivity index (χ2n) is 5.54. The Kier molecular flexibility index (Phi) is 3.59. The van der Waals surface area contributed by atoms with Crippen LogP contribution in [0, 0.1) is 0 Å². The van der Waals surface area contributed by atoms with Crippen molar-refractivity contribution >= 4 is 10.0 Å². The summed E-state index contributed by atoms with van der Waals surface area (Å²) in [6.07, 6.45) is 0. The number of phenolic OH excluding ortho intramolecular Hbond substituents is 1.